The Balaban J connectivity index is 1.81. The molecule has 0 saturated heterocycles. The highest BCUT2D eigenvalue weighted by Gasteiger charge is 2.01. The number of rotatable bonds is 11. The van der Waals surface area contributed by atoms with Crippen LogP contribution in [-0.2, 0) is 6.42 Å². The molecule has 1 atom stereocenters. The summed E-state index contributed by atoms with van der Waals surface area (Å²) >= 11 is 0. The number of aliphatic hydroxyl groups excluding tert-OH is 1. The van der Waals surface area contributed by atoms with Crippen LogP contribution in [0.15, 0.2) is 48.5 Å². The maximum Gasteiger partial charge on any atom is 0.119 e. The Hall–Kier alpha value is -1.80. The molecule has 0 bridgehead atoms. The van der Waals surface area contributed by atoms with Crippen molar-refractivity contribution in [2.75, 3.05) is 6.61 Å². The van der Waals surface area contributed by atoms with Crippen LogP contribution in [0.25, 0.3) is 11.1 Å². The van der Waals surface area contributed by atoms with Crippen LogP contribution >= 0.6 is 0 Å². The third-order valence-electron chi connectivity index (χ3n) is 4.45. The fraction of sp³-hybridized carbons (Fsp3) is 0.478. The average molecular weight is 341 g/mol. The van der Waals surface area contributed by atoms with Crippen LogP contribution in [0, 0.1) is 0 Å². The topological polar surface area (TPSA) is 29.5 Å². The van der Waals surface area contributed by atoms with Crippen molar-refractivity contribution in [3.05, 3.63) is 54.1 Å². The summed E-state index contributed by atoms with van der Waals surface area (Å²) in [5, 5.41) is 9.26. The fourth-order valence-corrected chi connectivity index (χ4v) is 2.93. The molecule has 0 aliphatic heterocycles. The third-order valence-corrected chi connectivity index (χ3v) is 4.45. The zero-order valence-electron chi connectivity index (χ0n) is 15.7. The summed E-state index contributed by atoms with van der Waals surface area (Å²) in [6.07, 6.45) is 8.81. The molecule has 2 nitrogen and oxygen atoms in total. The monoisotopic (exact) mass is 340 g/mol. The van der Waals surface area contributed by atoms with Gasteiger partial charge in [0.15, 0.2) is 0 Å². The van der Waals surface area contributed by atoms with Crippen molar-refractivity contribution in [2.24, 2.45) is 0 Å². The lowest BCUT2D eigenvalue weighted by molar-refractivity contribution is 0.123. The minimum atomic E-state index is -0.445. The van der Waals surface area contributed by atoms with Crippen LogP contribution < -0.4 is 4.74 Å². The number of benzene rings is 2. The highest BCUT2D eigenvalue weighted by Crippen LogP contribution is 2.23. The zero-order valence-corrected chi connectivity index (χ0v) is 15.7. The first-order valence-electron chi connectivity index (χ1n) is 9.69. The molecular formula is C23H32O2. The first-order valence-corrected chi connectivity index (χ1v) is 9.69. The molecule has 0 aliphatic rings. The maximum absolute atomic E-state index is 9.26. The molecule has 0 heterocycles. The summed E-state index contributed by atoms with van der Waals surface area (Å²) in [5.74, 6) is 0.796. The Kier molecular flexibility index (Phi) is 8.54. The van der Waals surface area contributed by atoms with Gasteiger partial charge in [-0.3, -0.25) is 0 Å². The Morgan fingerprint density at radius 3 is 1.96 bits per heavy atom. The van der Waals surface area contributed by atoms with E-state index in [9.17, 15) is 5.11 Å². The lowest BCUT2D eigenvalue weighted by Crippen LogP contribution is -2.12. The second-order valence-electron chi connectivity index (χ2n) is 6.90. The van der Waals surface area contributed by atoms with Gasteiger partial charge in [0.05, 0.1) is 6.10 Å². The van der Waals surface area contributed by atoms with Gasteiger partial charge in [-0.25, -0.2) is 0 Å². The van der Waals surface area contributed by atoms with Gasteiger partial charge in [0, 0.05) is 0 Å². The van der Waals surface area contributed by atoms with Gasteiger partial charge < -0.3 is 9.84 Å². The van der Waals surface area contributed by atoms with E-state index in [-0.39, 0.29) is 0 Å². The van der Waals surface area contributed by atoms with Crippen LogP contribution in [0.5, 0.6) is 5.75 Å². The molecule has 136 valence electrons. The van der Waals surface area contributed by atoms with Crippen LogP contribution in [0.2, 0.25) is 0 Å². The molecule has 0 radical (unpaired) electrons. The van der Waals surface area contributed by atoms with E-state index in [2.05, 4.69) is 43.3 Å². The summed E-state index contributed by atoms with van der Waals surface area (Å²) in [4.78, 5) is 0. The molecule has 1 unspecified atom stereocenters. The van der Waals surface area contributed by atoms with Crippen molar-refractivity contribution >= 4 is 0 Å². The van der Waals surface area contributed by atoms with E-state index in [1.165, 1.54) is 61.6 Å². The molecule has 0 spiro atoms. The smallest absolute Gasteiger partial charge is 0.119 e. The Morgan fingerprint density at radius 2 is 1.36 bits per heavy atom. The molecular weight excluding hydrogens is 308 g/mol. The van der Waals surface area contributed by atoms with E-state index < -0.39 is 6.10 Å². The summed E-state index contributed by atoms with van der Waals surface area (Å²) in [5.41, 5.74) is 3.85. The number of hydrogen-bond donors (Lipinski definition) is 1. The van der Waals surface area contributed by atoms with Crippen LogP contribution in [0.3, 0.4) is 0 Å². The van der Waals surface area contributed by atoms with Gasteiger partial charge in [-0.15, -0.1) is 0 Å². The van der Waals surface area contributed by atoms with E-state index in [0.29, 0.717) is 6.61 Å². The van der Waals surface area contributed by atoms with Gasteiger partial charge in [0.2, 0.25) is 0 Å². The van der Waals surface area contributed by atoms with E-state index in [4.69, 9.17) is 4.74 Å². The molecule has 0 amide bonds. The summed E-state index contributed by atoms with van der Waals surface area (Å²) < 4.78 is 5.51. The summed E-state index contributed by atoms with van der Waals surface area (Å²) in [7, 11) is 0. The molecule has 25 heavy (non-hydrogen) atoms. The molecule has 0 fully saturated rings. The molecule has 2 rings (SSSR count). The van der Waals surface area contributed by atoms with Crippen LogP contribution in [0.1, 0.15) is 57.9 Å². The molecule has 0 saturated carbocycles. The minimum Gasteiger partial charge on any atom is -0.491 e. The fourth-order valence-electron chi connectivity index (χ4n) is 2.93. The largest absolute Gasteiger partial charge is 0.491 e. The molecule has 0 aromatic heterocycles. The first-order chi connectivity index (χ1) is 12.2. The normalized spacial score (nSPS) is 12.1. The van der Waals surface area contributed by atoms with Crippen molar-refractivity contribution in [1.29, 1.82) is 0 Å². The lowest BCUT2D eigenvalue weighted by atomic mass is 10.0. The summed E-state index contributed by atoms with van der Waals surface area (Å²) in [6.45, 7) is 4.31. The van der Waals surface area contributed by atoms with E-state index in [0.717, 1.165) is 5.75 Å². The number of unbranched alkanes of at least 4 members (excludes halogenated alkanes) is 5. The van der Waals surface area contributed by atoms with Gasteiger partial charge in [0.25, 0.3) is 0 Å². The van der Waals surface area contributed by atoms with Gasteiger partial charge in [0.1, 0.15) is 12.4 Å². The first kappa shape index (κ1) is 19.5. The predicted molar refractivity (Wildman–Crippen MR) is 106 cm³/mol. The average Bonchev–Trinajstić information content (AvgIpc) is 2.64. The van der Waals surface area contributed by atoms with Crippen molar-refractivity contribution in [1.82, 2.24) is 0 Å². The van der Waals surface area contributed by atoms with Gasteiger partial charge in [-0.1, -0.05) is 75.4 Å². The SMILES string of the molecule is CCCCCCCCc1ccc(-c2ccc(OCC(C)O)cc2)cc1. The van der Waals surface area contributed by atoms with Gasteiger partial charge >= 0.3 is 0 Å². The van der Waals surface area contributed by atoms with Crippen molar-refractivity contribution < 1.29 is 9.84 Å². The molecule has 1 N–H and O–H groups in total. The Bertz CT molecular complexity index is 584. The highest BCUT2D eigenvalue weighted by molar-refractivity contribution is 5.64. The molecule has 0 aliphatic carbocycles. The van der Waals surface area contributed by atoms with Crippen molar-refractivity contribution in [3.63, 3.8) is 0 Å². The van der Waals surface area contributed by atoms with E-state index >= 15 is 0 Å². The maximum atomic E-state index is 9.26. The summed E-state index contributed by atoms with van der Waals surface area (Å²) in [6, 6.07) is 17.0. The third kappa shape index (κ3) is 7.31. The second kappa shape index (κ2) is 10.9. The number of ether oxygens (including phenoxy) is 1. The molecule has 2 heteroatoms. The van der Waals surface area contributed by atoms with Crippen LogP contribution in [-0.4, -0.2) is 17.8 Å². The number of aryl methyl sites for hydroxylation is 1. The van der Waals surface area contributed by atoms with Crippen molar-refractivity contribution in [2.45, 2.75) is 64.9 Å². The highest BCUT2D eigenvalue weighted by atomic mass is 16.5. The predicted octanol–water partition coefficient (Wildman–Crippen LogP) is 6.02. The Morgan fingerprint density at radius 1 is 0.800 bits per heavy atom. The van der Waals surface area contributed by atoms with Crippen molar-refractivity contribution in [3.8, 4) is 16.9 Å². The number of hydrogen-bond acceptors (Lipinski definition) is 2. The molecule has 2 aromatic rings. The van der Waals surface area contributed by atoms with Crippen LogP contribution in [0.4, 0.5) is 0 Å². The standard InChI is InChI=1S/C23H32O2/c1-3-4-5-6-7-8-9-20-10-12-21(13-11-20)22-14-16-23(17-15-22)25-18-19(2)24/h10-17,19,24H,3-9,18H2,1-2H3. The zero-order chi connectivity index (χ0) is 17.9. The number of aliphatic hydroxyl groups is 1. The minimum absolute atomic E-state index is 0.326. The lowest BCUT2D eigenvalue weighted by Gasteiger charge is -2.09. The van der Waals surface area contributed by atoms with Gasteiger partial charge in [-0.2, -0.15) is 0 Å². The van der Waals surface area contributed by atoms with Gasteiger partial charge in [-0.05, 0) is 48.6 Å². The quantitative estimate of drug-likeness (QED) is 0.507. The molecule has 2 aromatic carbocycles. The van der Waals surface area contributed by atoms with E-state index in [1.54, 1.807) is 6.92 Å². The second-order valence-corrected chi connectivity index (χ2v) is 6.90. The van der Waals surface area contributed by atoms with E-state index in [1.807, 2.05) is 12.1 Å². The Labute approximate surface area is 152 Å².